The topological polar surface area (TPSA) is 38.8 Å². The van der Waals surface area contributed by atoms with Crippen molar-refractivity contribution < 1.29 is 14.3 Å². The molecule has 0 amide bonds. The van der Waals surface area contributed by atoms with Gasteiger partial charge in [-0.1, -0.05) is 6.08 Å². The van der Waals surface area contributed by atoms with E-state index < -0.39 is 0 Å². The highest BCUT2D eigenvalue weighted by Crippen LogP contribution is 2.31. The van der Waals surface area contributed by atoms with Crippen LogP contribution in [0.1, 0.15) is 18.1 Å². The standard InChI is InChI=1S/C15H21NO3/c1-11(17)6-7-12-8-14(18-4)15(19-5)9-13(12)10-16(2)3/h6-9H,10H2,1-5H3. The highest BCUT2D eigenvalue weighted by atomic mass is 16.5. The SMILES string of the molecule is COc1cc(C=CC(C)=O)c(CN(C)C)cc1OC. The van der Waals surface area contributed by atoms with Crippen molar-refractivity contribution in [2.45, 2.75) is 13.5 Å². The highest BCUT2D eigenvalue weighted by molar-refractivity contribution is 5.91. The van der Waals surface area contributed by atoms with E-state index in [-0.39, 0.29) is 5.78 Å². The smallest absolute Gasteiger partial charge is 0.161 e. The highest BCUT2D eigenvalue weighted by Gasteiger charge is 2.10. The van der Waals surface area contributed by atoms with Gasteiger partial charge in [-0.2, -0.15) is 0 Å². The number of carbonyl (C=O) groups is 1. The van der Waals surface area contributed by atoms with Crippen molar-refractivity contribution in [1.82, 2.24) is 4.90 Å². The second-order valence-corrected chi connectivity index (χ2v) is 4.59. The first kappa shape index (κ1) is 15.2. The van der Waals surface area contributed by atoms with E-state index in [2.05, 4.69) is 4.90 Å². The Balaban J connectivity index is 3.26. The summed E-state index contributed by atoms with van der Waals surface area (Å²) in [6, 6.07) is 3.83. The fourth-order valence-electron chi connectivity index (χ4n) is 1.78. The Morgan fingerprint density at radius 2 is 1.79 bits per heavy atom. The minimum atomic E-state index is 0.0191. The molecule has 0 saturated carbocycles. The van der Waals surface area contributed by atoms with E-state index in [4.69, 9.17) is 9.47 Å². The fraction of sp³-hybridized carbons (Fsp3) is 0.400. The lowest BCUT2D eigenvalue weighted by Gasteiger charge is -2.16. The molecular weight excluding hydrogens is 242 g/mol. The van der Waals surface area contributed by atoms with Crippen LogP contribution in [0.4, 0.5) is 0 Å². The van der Waals surface area contributed by atoms with Gasteiger partial charge in [0.1, 0.15) is 0 Å². The van der Waals surface area contributed by atoms with Gasteiger partial charge in [-0.05, 0) is 50.4 Å². The van der Waals surface area contributed by atoms with Crippen molar-refractivity contribution in [2.75, 3.05) is 28.3 Å². The molecule has 0 N–H and O–H groups in total. The molecule has 0 aliphatic rings. The van der Waals surface area contributed by atoms with E-state index in [1.807, 2.05) is 32.3 Å². The molecule has 0 spiro atoms. The van der Waals surface area contributed by atoms with Gasteiger partial charge in [-0.25, -0.2) is 0 Å². The monoisotopic (exact) mass is 263 g/mol. The molecule has 4 nitrogen and oxygen atoms in total. The maximum atomic E-state index is 11.1. The molecule has 0 aliphatic heterocycles. The average Bonchev–Trinajstić information content (AvgIpc) is 2.35. The molecule has 0 radical (unpaired) electrons. The lowest BCUT2D eigenvalue weighted by atomic mass is 10.0. The Kier molecular flexibility index (Phi) is 5.57. The molecular formula is C15H21NO3. The number of ketones is 1. The Hall–Kier alpha value is -1.81. The lowest BCUT2D eigenvalue weighted by molar-refractivity contribution is -0.112. The van der Waals surface area contributed by atoms with Crippen LogP contribution in [0.2, 0.25) is 0 Å². The van der Waals surface area contributed by atoms with Gasteiger partial charge in [-0.3, -0.25) is 4.79 Å². The van der Waals surface area contributed by atoms with Crippen LogP contribution in [0.3, 0.4) is 0 Å². The van der Waals surface area contributed by atoms with Gasteiger partial charge in [0, 0.05) is 6.54 Å². The van der Waals surface area contributed by atoms with E-state index in [9.17, 15) is 4.79 Å². The minimum absolute atomic E-state index is 0.0191. The molecule has 1 rings (SSSR count). The van der Waals surface area contributed by atoms with Crippen molar-refractivity contribution >= 4 is 11.9 Å². The van der Waals surface area contributed by atoms with E-state index in [0.29, 0.717) is 11.5 Å². The summed E-state index contributed by atoms with van der Waals surface area (Å²) in [7, 11) is 7.20. The summed E-state index contributed by atoms with van der Waals surface area (Å²) in [5.74, 6) is 1.37. The molecule has 0 aromatic heterocycles. The zero-order chi connectivity index (χ0) is 14.4. The van der Waals surface area contributed by atoms with Crippen molar-refractivity contribution in [3.8, 4) is 11.5 Å². The summed E-state index contributed by atoms with van der Waals surface area (Å²) in [6.45, 7) is 2.29. The fourth-order valence-corrected chi connectivity index (χ4v) is 1.78. The number of ether oxygens (including phenoxy) is 2. The number of carbonyl (C=O) groups excluding carboxylic acids is 1. The molecule has 0 unspecified atom stereocenters. The molecule has 0 bridgehead atoms. The Morgan fingerprint density at radius 3 is 2.26 bits per heavy atom. The first-order valence-electron chi connectivity index (χ1n) is 6.06. The summed E-state index contributed by atoms with van der Waals surface area (Å²) < 4.78 is 10.6. The number of hydrogen-bond acceptors (Lipinski definition) is 4. The molecule has 104 valence electrons. The summed E-state index contributed by atoms with van der Waals surface area (Å²) in [6.07, 6.45) is 3.36. The maximum Gasteiger partial charge on any atom is 0.161 e. The third kappa shape index (κ3) is 4.41. The van der Waals surface area contributed by atoms with Crippen molar-refractivity contribution in [3.05, 3.63) is 29.3 Å². The molecule has 4 heteroatoms. The second kappa shape index (κ2) is 6.95. The van der Waals surface area contributed by atoms with Gasteiger partial charge < -0.3 is 14.4 Å². The van der Waals surface area contributed by atoms with Crippen molar-refractivity contribution in [3.63, 3.8) is 0 Å². The van der Waals surface area contributed by atoms with Crippen LogP contribution in [-0.2, 0) is 11.3 Å². The average molecular weight is 263 g/mol. The third-order valence-corrected chi connectivity index (χ3v) is 2.63. The first-order chi connectivity index (χ1) is 8.97. The van der Waals surface area contributed by atoms with Gasteiger partial charge in [0.05, 0.1) is 14.2 Å². The largest absolute Gasteiger partial charge is 0.493 e. The van der Waals surface area contributed by atoms with Crippen molar-refractivity contribution in [1.29, 1.82) is 0 Å². The zero-order valence-corrected chi connectivity index (χ0v) is 12.2. The normalized spacial score (nSPS) is 11.1. The predicted molar refractivity (Wildman–Crippen MR) is 76.7 cm³/mol. The number of benzene rings is 1. The number of nitrogens with zero attached hydrogens (tertiary/aromatic N) is 1. The minimum Gasteiger partial charge on any atom is -0.493 e. The molecule has 0 heterocycles. The molecule has 0 aliphatic carbocycles. The van der Waals surface area contributed by atoms with Crippen LogP contribution >= 0.6 is 0 Å². The zero-order valence-electron chi connectivity index (χ0n) is 12.2. The van der Waals surface area contributed by atoms with Gasteiger partial charge in [0.25, 0.3) is 0 Å². The predicted octanol–water partition coefficient (Wildman–Crippen LogP) is 2.37. The molecule has 1 aromatic carbocycles. The Morgan fingerprint density at radius 1 is 1.21 bits per heavy atom. The van der Waals surface area contributed by atoms with E-state index >= 15 is 0 Å². The summed E-state index contributed by atoms with van der Waals surface area (Å²) in [5.41, 5.74) is 2.04. The van der Waals surface area contributed by atoms with E-state index in [0.717, 1.165) is 17.7 Å². The summed E-state index contributed by atoms with van der Waals surface area (Å²) >= 11 is 0. The van der Waals surface area contributed by atoms with Gasteiger partial charge >= 0.3 is 0 Å². The van der Waals surface area contributed by atoms with Gasteiger partial charge in [0.15, 0.2) is 17.3 Å². The van der Waals surface area contributed by atoms with Crippen LogP contribution in [-0.4, -0.2) is 39.0 Å². The Bertz CT molecular complexity index is 479. The number of methoxy groups -OCH3 is 2. The maximum absolute atomic E-state index is 11.1. The van der Waals surface area contributed by atoms with Gasteiger partial charge in [0.2, 0.25) is 0 Å². The molecule has 0 saturated heterocycles. The summed E-state index contributed by atoms with van der Waals surface area (Å²) in [4.78, 5) is 13.1. The molecule has 19 heavy (non-hydrogen) atoms. The Labute approximate surface area is 114 Å². The van der Waals surface area contributed by atoms with Crippen LogP contribution in [0.5, 0.6) is 11.5 Å². The molecule has 1 aromatic rings. The molecule has 0 atom stereocenters. The summed E-state index contributed by atoms with van der Waals surface area (Å²) in [5, 5.41) is 0. The quantitative estimate of drug-likeness (QED) is 0.739. The van der Waals surface area contributed by atoms with Crippen LogP contribution in [0, 0.1) is 0 Å². The second-order valence-electron chi connectivity index (χ2n) is 4.59. The number of hydrogen-bond donors (Lipinski definition) is 0. The van der Waals surface area contributed by atoms with E-state index in [1.54, 1.807) is 20.3 Å². The van der Waals surface area contributed by atoms with Crippen LogP contribution in [0.25, 0.3) is 6.08 Å². The third-order valence-electron chi connectivity index (χ3n) is 2.63. The van der Waals surface area contributed by atoms with Gasteiger partial charge in [-0.15, -0.1) is 0 Å². The number of allylic oxidation sites excluding steroid dienone is 1. The first-order valence-corrected chi connectivity index (χ1v) is 6.06. The molecule has 0 fully saturated rings. The van der Waals surface area contributed by atoms with Crippen molar-refractivity contribution in [2.24, 2.45) is 0 Å². The van der Waals surface area contributed by atoms with Crippen LogP contribution in [0.15, 0.2) is 18.2 Å². The van der Waals surface area contributed by atoms with E-state index in [1.165, 1.54) is 6.92 Å². The lowest BCUT2D eigenvalue weighted by Crippen LogP contribution is -2.12. The number of rotatable bonds is 6. The van der Waals surface area contributed by atoms with Crippen LogP contribution < -0.4 is 9.47 Å².